The summed E-state index contributed by atoms with van der Waals surface area (Å²) in [6, 6.07) is 5.56. The van der Waals surface area contributed by atoms with Crippen molar-refractivity contribution >= 4 is 21.7 Å². The molecule has 3 rings (SSSR count). The van der Waals surface area contributed by atoms with E-state index < -0.39 is 0 Å². The topological polar surface area (TPSA) is 44.8 Å². The molecule has 0 saturated carbocycles. The lowest BCUT2D eigenvalue weighted by Gasteiger charge is -2.37. The molecule has 2 atom stereocenters. The minimum atomic E-state index is -0.186. The molecule has 2 heterocycles. The van der Waals surface area contributed by atoms with Crippen LogP contribution in [0.1, 0.15) is 36.5 Å². The molecular formula is C16H19BrO4. The molecule has 0 radical (unpaired) electrons. The van der Waals surface area contributed by atoms with E-state index in [4.69, 9.17) is 14.2 Å². The highest BCUT2D eigenvalue weighted by molar-refractivity contribution is 9.10. The van der Waals surface area contributed by atoms with Crippen molar-refractivity contribution in [3.63, 3.8) is 0 Å². The van der Waals surface area contributed by atoms with Crippen LogP contribution in [0.3, 0.4) is 0 Å². The van der Waals surface area contributed by atoms with Gasteiger partial charge in [0.15, 0.2) is 5.78 Å². The molecule has 0 aliphatic carbocycles. The molecular weight excluding hydrogens is 336 g/mol. The number of benzene rings is 1. The van der Waals surface area contributed by atoms with Gasteiger partial charge < -0.3 is 14.2 Å². The summed E-state index contributed by atoms with van der Waals surface area (Å²) < 4.78 is 18.4. The number of carbonyl (C=O) groups is 1. The van der Waals surface area contributed by atoms with Gasteiger partial charge in [0, 0.05) is 30.3 Å². The van der Waals surface area contributed by atoms with Gasteiger partial charge in [0.25, 0.3) is 0 Å². The average molecular weight is 355 g/mol. The molecule has 0 aromatic heterocycles. The van der Waals surface area contributed by atoms with Crippen LogP contribution in [0.4, 0.5) is 0 Å². The number of halogens is 1. The van der Waals surface area contributed by atoms with Crippen molar-refractivity contribution < 1.29 is 19.0 Å². The van der Waals surface area contributed by atoms with Crippen molar-refractivity contribution in [1.82, 2.24) is 0 Å². The maximum atomic E-state index is 11.8. The molecule has 1 spiro atoms. The number of ether oxygens (including phenoxy) is 3. The molecule has 2 unspecified atom stereocenters. The first-order chi connectivity index (χ1) is 10.1. The lowest BCUT2D eigenvalue weighted by atomic mass is 9.91. The minimum Gasteiger partial charge on any atom is -0.489 e. The second-order valence-corrected chi connectivity index (χ2v) is 6.68. The fourth-order valence-corrected chi connectivity index (χ4v) is 3.37. The zero-order chi connectivity index (χ0) is 14.9. The Bertz CT molecular complexity index is 537. The Labute approximate surface area is 132 Å². The van der Waals surface area contributed by atoms with Crippen molar-refractivity contribution in [2.24, 2.45) is 0 Å². The molecule has 2 fully saturated rings. The van der Waals surface area contributed by atoms with E-state index in [1.54, 1.807) is 6.92 Å². The molecule has 1 aromatic rings. The van der Waals surface area contributed by atoms with Gasteiger partial charge in [-0.2, -0.15) is 0 Å². The van der Waals surface area contributed by atoms with Gasteiger partial charge >= 0.3 is 0 Å². The summed E-state index contributed by atoms with van der Waals surface area (Å²) in [6.45, 7) is 3.64. The van der Waals surface area contributed by atoms with E-state index in [0.717, 1.165) is 30.3 Å². The summed E-state index contributed by atoms with van der Waals surface area (Å²) in [5, 5.41) is 0. The Morgan fingerprint density at radius 3 is 3.00 bits per heavy atom. The highest BCUT2D eigenvalue weighted by Crippen LogP contribution is 2.35. The second kappa shape index (κ2) is 6.07. The molecule has 1 aromatic carbocycles. The Morgan fingerprint density at radius 1 is 1.43 bits per heavy atom. The molecule has 0 bridgehead atoms. The van der Waals surface area contributed by atoms with Crippen molar-refractivity contribution in [2.75, 3.05) is 19.8 Å². The summed E-state index contributed by atoms with van der Waals surface area (Å²) >= 11 is 3.39. The van der Waals surface area contributed by atoms with Gasteiger partial charge in [0.05, 0.1) is 24.4 Å². The number of ketones is 1. The minimum absolute atomic E-state index is 0.0114. The SMILES string of the molecule is CC(=O)c1cc(Br)ccc1OC1CCOC2(CCOC2)C1. The number of carbonyl (C=O) groups excluding carboxylic acids is 1. The zero-order valence-corrected chi connectivity index (χ0v) is 13.6. The van der Waals surface area contributed by atoms with Crippen LogP contribution in [0.2, 0.25) is 0 Å². The van der Waals surface area contributed by atoms with E-state index in [2.05, 4.69) is 15.9 Å². The predicted molar refractivity (Wildman–Crippen MR) is 81.9 cm³/mol. The third kappa shape index (κ3) is 3.30. The molecule has 2 aliphatic heterocycles. The van der Waals surface area contributed by atoms with Gasteiger partial charge in [-0.1, -0.05) is 15.9 Å². The van der Waals surface area contributed by atoms with Gasteiger partial charge in [-0.15, -0.1) is 0 Å². The van der Waals surface area contributed by atoms with Crippen LogP contribution >= 0.6 is 15.9 Å². The highest BCUT2D eigenvalue weighted by Gasteiger charge is 2.42. The van der Waals surface area contributed by atoms with Crippen molar-refractivity contribution in [3.05, 3.63) is 28.2 Å². The van der Waals surface area contributed by atoms with E-state index in [1.807, 2.05) is 18.2 Å². The standard InChI is InChI=1S/C16H19BrO4/c1-11(18)14-8-12(17)2-3-15(14)21-13-4-6-20-16(9-13)5-7-19-10-16/h2-3,8,13H,4-7,9-10H2,1H3. The smallest absolute Gasteiger partial charge is 0.163 e. The maximum Gasteiger partial charge on any atom is 0.163 e. The Hall–Kier alpha value is -0.910. The first-order valence-corrected chi connectivity index (χ1v) is 8.06. The Balaban J connectivity index is 1.75. The molecule has 0 N–H and O–H groups in total. The van der Waals surface area contributed by atoms with Gasteiger partial charge in [-0.3, -0.25) is 4.79 Å². The fraction of sp³-hybridized carbons (Fsp3) is 0.562. The molecule has 2 aliphatic rings. The number of hydrogen-bond acceptors (Lipinski definition) is 4. The largest absolute Gasteiger partial charge is 0.489 e. The second-order valence-electron chi connectivity index (χ2n) is 5.76. The van der Waals surface area contributed by atoms with E-state index in [1.165, 1.54) is 0 Å². The van der Waals surface area contributed by atoms with Gasteiger partial charge in [-0.25, -0.2) is 0 Å². The third-order valence-electron chi connectivity index (χ3n) is 4.13. The van der Waals surface area contributed by atoms with Gasteiger partial charge in [-0.05, 0) is 25.1 Å². The van der Waals surface area contributed by atoms with E-state index in [-0.39, 0.29) is 17.5 Å². The summed E-state index contributed by atoms with van der Waals surface area (Å²) in [5.74, 6) is 0.670. The monoisotopic (exact) mass is 354 g/mol. The predicted octanol–water partition coefficient (Wildman–Crippen LogP) is 3.37. The van der Waals surface area contributed by atoms with Crippen molar-refractivity contribution in [2.45, 2.75) is 37.9 Å². The Morgan fingerprint density at radius 2 is 2.29 bits per heavy atom. The summed E-state index contributed by atoms with van der Waals surface area (Å²) in [4.78, 5) is 11.8. The molecule has 21 heavy (non-hydrogen) atoms. The fourth-order valence-electron chi connectivity index (χ4n) is 3.01. The quantitative estimate of drug-likeness (QED) is 0.780. The van der Waals surface area contributed by atoms with Crippen LogP contribution in [0.25, 0.3) is 0 Å². The van der Waals surface area contributed by atoms with E-state index in [0.29, 0.717) is 24.5 Å². The van der Waals surface area contributed by atoms with Crippen LogP contribution in [-0.4, -0.2) is 37.3 Å². The molecule has 114 valence electrons. The highest BCUT2D eigenvalue weighted by atomic mass is 79.9. The maximum absolute atomic E-state index is 11.8. The molecule has 4 nitrogen and oxygen atoms in total. The lowest BCUT2D eigenvalue weighted by molar-refractivity contribution is -0.112. The van der Waals surface area contributed by atoms with Crippen molar-refractivity contribution in [3.8, 4) is 5.75 Å². The van der Waals surface area contributed by atoms with Gasteiger partial charge in [0.1, 0.15) is 11.9 Å². The van der Waals surface area contributed by atoms with E-state index >= 15 is 0 Å². The van der Waals surface area contributed by atoms with Crippen LogP contribution in [0.15, 0.2) is 22.7 Å². The first-order valence-electron chi connectivity index (χ1n) is 7.27. The van der Waals surface area contributed by atoms with Crippen LogP contribution in [-0.2, 0) is 9.47 Å². The van der Waals surface area contributed by atoms with E-state index in [9.17, 15) is 4.79 Å². The number of Topliss-reactive ketones (excluding diaryl/α,β-unsaturated/α-hetero) is 1. The summed E-state index contributed by atoms with van der Waals surface area (Å²) in [7, 11) is 0. The molecule has 0 amide bonds. The number of rotatable bonds is 3. The summed E-state index contributed by atoms with van der Waals surface area (Å²) in [5.41, 5.74) is 0.432. The lowest BCUT2D eigenvalue weighted by Crippen LogP contribution is -2.44. The first kappa shape index (κ1) is 15.0. The zero-order valence-electron chi connectivity index (χ0n) is 12.1. The number of hydrogen-bond donors (Lipinski definition) is 0. The average Bonchev–Trinajstić information content (AvgIpc) is 2.88. The summed E-state index contributed by atoms with van der Waals surface area (Å²) in [6.07, 6.45) is 2.65. The van der Waals surface area contributed by atoms with Crippen LogP contribution < -0.4 is 4.74 Å². The van der Waals surface area contributed by atoms with Crippen molar-refractivity contribution in [1.29, 1.82) is 0 Å². The Kier molecular flexibility index (Phi) is 4.33. The van der Waals surface area contributed by atoms with Gasteiger partial charge in [0.2, 0.25) is 0 Å². The van der Waals surface area contributed by atoms with Crippen LogP contribution in [0, 0.1) is 0 Å². The molecule has 5 heteroatoms. The normalized spacial score (nSPS) is 28.8. The third-order valence-corrected chi connectivity index (χ3v) is 4.62. The van der Waals surface area contributed by atoms with Crippen LogP contribution in [0.5, 0.6) is 5.75 Å². The molecule has 2 saturated heterocycles.